The second-order valence-corrected chi connectivity index (χ2v) is 6.44. The number of nitrogens with one attached hydrogen (secondary N) is 1. The number of nitrogens with zero attached hydrogens (tertiary/aromatic N) is 1. The van der Waals surface area contributed by atoms with Crippen LogP contribution in [-0.4, -0.2) is 23.5 Å². The van der Waals surface area contributed by atoms with E-state index in [9.17, 15) is 4.39 Å². The molecule has 1 aliphatic rings. The van der Waals surface area contributed by atoms with Crippen LogP contribution in [0.25, 0.3) is 0 Å². The van der Waals surface area contributed by atoms with Gasteiger partial charge in [0.15, 0.2) is 0 Å². The lowest BCUT2D eigenvalue weighted by atomic mass is 9.87. The smallest absolute Gasteiger partial charge is 0.142 e. The molecule has 0 radical (unpaired) electrons. The van der Waals surface area contributed by atoms with Crippen LogP contribution in [-0.2, 0) is 0 Å². The Morgan fingerprint density at radius 3 is 2.58 bits per heavy atom. The van der Waals surface area contributed by atoms with Crippen LogP contribution < -0.4 is 11.3 Å². The minimum atomic E-state index is -0.247. The van der Waals surface area contributed by atoms with Crippen molar-refractivity contribution in [3.8, 4) is 0 Å². The third-order valence-electron chi connectivity index (χ3n) is 4.09. The van der Waals surface area contributed by atoms with Crippen molar-refractivity contribution >= 4 is 15.9 Å². The Balaban J connectivity index is 2.35. The van der Waals surface area contributed by atoms with Gasteiger partial charge < -0.3 is 0 Å². The van der Waals surface area contributed by atoms with E-state index < -0.39 is 0 Å². The van der Waals surface area contributed by atoms with Gasteiger partial charge in [-0.15, -0.1) is 0 Å². The first-order valence-corrected chi connectivity index (χ1v) is 7.43. The van der Waals surface area contributed by atoms with Crippen molar-refractivity contribution in [2.45, 2.75) is 38.3 Å². The largest absolute Gasteiger partial charge is 0.296 e. The average molecular weight is 330 g/mol. The van der Waals surface area contributed by atoms with Crippen molar-refractivity contribution < 1.29 is 4.39 Å². The number of halogens is 2. The number of hydrogen-bond donors (Lipinski definition) is 2. The summed E-state index contributed by atoms with van der Waals surface area (Å²) < 4.78 is 14.8. The highest BCUT2D eigenvalue weighted by Crippen LogP contribution is 2.35. The highest BCUT2D eigenvalue weighted by Gasteiger charge is 2.38. The molecule has 1 fully saturated rings. The number of hydrazine groups is 1. The molecule has 1 heterocycles. The molecule has 1 aromatic carbocycles. The number of rotatable bonds is 4. The summed E-state index contributed by atoms with van der Waals surface area (Å²) in [6.07, 6.45) is 2.39. The zero-order valence-electron chi connectivity index (χ0n) is 11.4. The molecule has 1 aromatic rings. The Bertz CT molecular complexity index is 444. The molecule has 1 atom stereocenters. The third-order valence-corrected chi connectivity index (χ3v) is 4.70. The Hall–Kier alpha value is -0.490. The summed E-state index contributed by atoms with van der Waals surface area (Å²) in [5.41, 5.74) is 3.18. The molecule has 0 aliphatic carbocycles. The van der Waals surface area contributed by atoms with Crippen molar-refractivity contribution in [3.05, 3.63) is 34.1 Å². The molecule has 106 valence electrons. The molecule has 1 saturated heterocycles. The molecule has 1 aliphatic heterocycles. The molecular formula is C14H21BrFN3. The van der Waals surface area contributed by atoms with E-state index in [1.165, 1.54) is 12.8 Å². The monoisotopic (exact) mass is 329 g/mol. The van der Waals surface area contributed by atoms with Gasteiger partial charge in [0, 0.05) is 11.1 Å². The number of benzene rings is 1. The summed E-state index contributed by atoms with van der Waals surface area (Å²) in [5, 5.41) is 0. The SMILES string of the molecule is CC(C)(C(NN)c1cccc(Br)c1F)N1CCCC1. The van der Waals surface area contributed by atoms with Gasteiger partial charge in [-0.3, -0.25) is 16.2 Å². The van der Waals surface area contributed by atoms with Gasteiger partial charge in [0.2, 0.25) is 0 Å². The average Bonchev–Trinajstić information content (AvgIpc) is 2.89. The molecule has 0 aromatic heterocycles. The summed E-state index contributed by atoms with van der Waals surface area (Å²) in [7, 11) is 0. The van der Waals surface area contributed by atoms with Gasteiger partial charge >= 0.3 is 0 Å². The van der Waals surface area contributed by atoms with E-state index in [-0.39, 0.29) is 17.4 Å². The first kappa shape index (κ1) is 14.9. The second kappa shape index (κ2) is 5.87. The number of hydrogen-bond acceptors (Lipinski definition) is 3. The van der Waals surface area contributed by atoms with Crippen LogP contribution >= 0.6 is 15.9 Å². The normalized spacial score (nSPS) is 18.8. The molecule has 3 nitrogen and oxygen atoms in total. The molecule has 19 heavy (non-hydrogen) atoms. The maximum atomic E-state index is 14.3. The lowest BCUT2D eigenvalue weighted by Gasteiger charge is -2.42. The maximum Gasteiger partial charge on any atom is 0.142 e. The van der Waals surface area contributed by atoms with E-state index in [2.05, 4.69) is 40.1 Å². The predicted molar refractivity (Wildman–Crippen MR) is 79.1 cm³/mol. The fourth-order valence-corrected chi connectivity index (χ4v) is 3.28. The fraction of sp³-hybridized carbons (Fsp3) is 0.571. The maximum absolute atomic E-state index is 14.3. The Labute approximate surface area is 122 Å². The van der Waals surface area contributed by atoms with Gasteiger partial charge in [0.1, 0.15) is 5.82 Å². The molecule has 0 bridgehead atoms. The first-order valence-electron chi connectivity index (χ1n) is 6.63. The Morgan fingerprint density at radius 1 is 1.37 bits per heavy atom. The van der Waals surface area contributed by atoms with Crippen LogP contribution in [0.4, 0.5) is 4.39 Å². The van der Waals surface area contributed by atoms with Crippen LogP contribution in [0.15, 0.2) is 22.7 Å². The molecule has 0 spiro atoms. The molecule has 1 unspecified atom stereocenters. The van der Waals surface area contributed by atoms with E-state index in [0.29, 0.717) is 10.0 Å². The molecular weight excluding hydrogens is 309 g/mol. The van der Waals surface area contributed by atoms with Gasteiger partial charge in [-0.25, -0.2) is 4.39 Å². The van der Waals surface area contributed by atoms with Crippen LogP contribution in [0, 0.1) is 5.82 Å². The van der Waals surface area contributed by atoms with Crippen molar-refractivity contribution in [1.29, 1.82) is 0 Å². The third kappa shape index (κ3) is 2.84. The minimum absolute atomic E-state index is 0.229. The summed E-state index contributed by atoms with van der Waals surface area (Å²) in [5.74, 6) is 5.48. The number of likely N-dealkylation sites (tertiary alicyclic amines) is 1. The molecule has 0 amide bonds. The fourth-order valence-electron chi connectivity index (χ4n) is 2.89. The predicted octanol–water partition coefficient (Wildman–Crippen LogP) is 2.97. The van der Waals surface area contributed by atoms with E-state index in [1.54, 1.807) is 12.1 Å². The van der Waals surface area contributed by atoms with E-state index >= 15 is 0 Å². The first-order chi connectivity index (χ1) is 8.98. The van der Waals surface area contributed by atoms with Crippen LogP contribution in [0.1, 0.15) is 38.3 Å². The summed E-state index contributed by atoms with van der Waals surface area (Å²) in [6, 6.07) is 5.09. The summed E-state index contributed by atoms with van der Waals surface area (Å²) in [6.45, 7) is 6.31. The van der Waals surface area contributed by atoms with E-state index in [0.717, 1.165) is 13.1 Å². The quantitative estimate of drug-likeness (QED) is 0.659. The highest BCUT2D eigenvalue weighted by molar-refractivity contribution is 9.10. The van der Waals surface area contributed by atoms with Crippen molar-refractivity contribution in [3.63, 3.8) is 0 Å². The zero-order chi connectivity index (χ0) is 14.0. The molecule has 2 rings (SSSR count). The summed E-state index contributed by atoms with van der Waals surface area (Å²) >= 11 is 3.24. The topological polar surface area (TPSA) is 41.3 Å². The van der Waals surface area contributed by atoms with Crippen LogP contribution in [0.2, 0.25) is 0 Å². The van der Waals surface area contributed by atoms with Crippen molar-refractivity contribution in [2.75, 3.05) is 13.1 Å². The van der Waals surface area contributed by atoms with Crippen LogP contribution in [0.3, 0.4) is 0 Å². The molecule has 0 saturated carbocycles. The van der Waals surface area contributed by atoms with Crippen molar-refractivity contribution in [1.82, 2.24) is 10.3 Å². The molecule has 3 N–H and O–H groups in total. The second-order valence-electron chi connectivity index (χ2n) is 5.59. The van der Waals surface area contributed by atoms with Gasteiger partial charge in [-0.1, -0.05) is 12.1 Å². The van der Waals surface area contributed by atoms with Gasteiger partial charge in [0.25, 0.3) is 0 Å². The van der Waals surface area contributed by atoms with E-state index in [1.807, 2.05) is 6.07 Å². The number of nitrogens with two attached hydrogens (primary N) is 1. The Kier molecular flexibility index (Phi) is 4.61. The van der Waals surface area contributed by atoms with E-state index in [4.69, 9.17) is 5.84 Å². The lowest BCUT2D eigenvalue weighted by Crippen LogP contribution is -2.53. The Morgan fingerprint density at radius 2 is 2.00 bits per heavy atom. The highest BCUT2D eigenvalue weighted by atomic mass is 79.9. The zero-order valence-corrected chi connectivity index (χ0v) is 13.0. The van der Waals surface area contributed by atoms with Gasteiger partial charge in [0.05, 0.1) is 10.5 Å². The van der Waals surface area contributed by atoms with Gasteiger partial charge in [-0.05, 0) is 61.8 Å². The van der Waals surface area contributed by atoms with Crippen LogP contribution in [0.5, 0.6) is 0 Å². The van der Waals surface area contributed by atoms with Gasteiger partial charge in [-0.2, -0.15) is 0 Å². The summed E-state index contributed by atoms with van der Waals surface area (Å²) in [4.78, 5) is 2.37. The van der Waals surface area contributed by atoms with Crippen molar-refractivity contribution in [2.24, 2.45) is 5.84 Å². The standard InChI is InChI=1S/C14H21BrFN3/c1-14(2,19-8-3-4-9-19)13(18-17)10-6-5-7-11(15)12(10)16/h5-7,13,18H,3-4,8-9,17H2,1-2H3. The minimum Gasteiger partial charge on any atom is -0.296 e. The lowest BCUT2D eigenvalue weighted by molar-refractivity contribution is 0.105. The molecule has 5 heteroatoms.